The molecule has 0 aliphatic heterocycles. The Labute approximate surface area is 129 Å². The third kappa shape index (κ3) is 5.41. The summed E-state index contributed by atoms with van der Waals surface area (Å²) in [4.78, 5) is 0. The monoisotopic (exact) mass is 280 g/mol. The second-order valence-electron chi connectivity index (χ2n) is 8.83. The molecule has 5 unspecified atom stereocenters. The minimum absolute atomic E-state index is 0.631. The summed E-state index contributed by atoms with van der Waals surface area (Å²) in [6.45, 7) is 17.1. The summed E-state index contributed by atoms with van der Waals surface area (Å²) in [6.07, 6.45) is 10.1. The van der Waals surface area contributed by atoms with Crippen LogP contribution in [0.5, 0.6) is 0 Å². The van der Waals surface area contributed by atoms with Gasteiger partial charge in [-0.1, -0.05) is 61.3 Å². The molecule has 0 nitrogen and oxygen atoms in total. The molecule has 0 heteroatoms. The van der Waals surface area contributed by atoms with Crippen molar-refractivity contribution in [2.75, 3.05) is 0 Å². The van der Waals surface area contributed by atoms with E-state index in [2.05, 4.69) is 48.5 Å². The van der Waals surface area contributed by atoms with Crippen LogP contribution < -0.4 is 0 Å². The lowest BCUT2D eigenvalue weighted by atomic mass is 9.63. The van der Waals surface area contributed by atoms with Gasteiger partial charge in [0.2, 0.25) is 0 Å². The molecule has 0 aromatic rings. The molecule has 0 N–H and O–H groups in total. The maximum absolute atomic E-state index is 2.54. The Morgan fingerprint density at radius 1 is 1.10 bits per heavy atom. The molecule has 0 bridgehead atoms. The zero-order valence-corrected chi connectivity index (χ0v) is 15.3. The smallest absolute Gasteiger partial charge is 0.0321 e. The molecule has 0 saturated heterocycles. The zero-order chi connectivity index (χ0) is 15.3. The lowest BCUT2D eigenvalue weighted by Gasteiger charge is -2.43. The third-order valence-corrected chi connectivity index (χ3v) is 6.25. The highest BCUT2D eigenvalue weighted by molar-refractivity contribution is 4.86. The molecule has 1 rings (SSSR count). The summed E-state index contributed by atoms with van der Waals surface area (Å²) < 4.78 is 0. The SMILES string of the molecule is CCC(C)C(C)CCC1CCC(C)(CC(C)C)CC1C. The van der Waals surface area contributed by atoms with E-state index in [-0.39, 0.29) is 0 Å². The van der Waals surface area contributed by atoms with Gasteiger partial charge in [0, 0.05) is 0 Å². The van der Waals surface area contributed by atoms with Crippen LogP contribution in [0.4, 0.5) is 0 Å². The molecule has 0 spiro atoms. The van der Waals surface area contributed by atoms with Crippen molar-refractivity contribution >= 4 is 0 Å². The molecule has 0 amide bonds. The van der Waals surface area contributed by atoms with Crippen LogP contribution in [-0.4, -0.2) is 0 Å². The van der Waals surface area contributed by atoms with E-state index in [1.54, 1.807) is 0 Å². The van der Waals surface area contributed by atoms with E-state index in [9.17, 15) is 0 Å². The molecule has 1 fully saturated rings. The first kappa shape index (κ1) is 18.1. The Morgan fingerprint density at radius 3 is 2.25 bits per heavy atom. The Bertz CT molecular complexity index is 267. The average molecular weight is 281 g/mol. The van der Waals surface area contributed by atoms with Crippen LogP contribution in [0.3, 0.4) is 0 Å². The van der Waals surface area contributed by atoms with E-state index in [0.29, 0.717) is 5.41 Å². The van der Waals surface area contributed by atoms with Crippen molar-refractivity contribution in [3.05, 3.63) is 0 Å². The molecule has 0 aromatic carbocycles. The molecule has 1 aliphatic carbocycles. The topological polar surface area (TPSA) is 0 Å². The van der Waals surface area contributed by atoms with Crippen molar-refractivity contribution in [3.8, 4) is 0 Å². The van der Waals surface area contributed by atoms with Crippen LogP contribution in [0.25, 0.3) is 0 Å². The summed E-state index contributed by atoms with van der Waals surface area (Å²) in [5, 5.41) is 0. The van der Waals surface area contributed by atoms with Crippen LogP contribution in [-0.2, 0) is 0 Å². The third-order valence-electron chi connectivity index (χ3n) is 6.25. The van der Waals surface area contributed by atoms with Crippen molar-refractivity contribution < 1.29 is 0 Å². The van der Waals surface area contributed by atoms with E-state index in [4.69, 9.17) is 0 Å². The quantitative estimate of drug-likeness (QED) is 0.474. The fourth-order valence-electron chi connectivity index (χ4n) is 4.63. The van der Waals surface area contributed by atoms with Gasteiger partial charge < -0.3 is 0 Å². The molecule has 1 aliphatic rings. The normalized spacial score (nSPS) is 34.2. The molecular weight excluding hydrogens is 240 g/mol. The van der Waals surface area contributed by atoms with Crippen LogP contribution in [0.2, 0.25) is 0 Å². The number of hydrogen-bond acceptors (Lipinski definition) is 0. The van der Waals surface area contributed by atoms with Gasteiger partial charge in [-0.15, -0.1) is 0 Å². The fraction of sp³-hybridized carbons (Fsp3) is 1.00. The van der Waals surface area contributed by atoms with Gasteiger partial charge in [-0.05, 0) is 67.1 Å². The van der Waals surface area contributed by atoms with Crippen LogP contribution >= 0.6 is 0 Å². The van der Waals surface area contributed by atoms with E-state index in [1.807, 2.05) is 0 Å². The van der Waals surface area contributed by atoms with Gasteiger partial charge in [0.15, 0.2) is 0 Å². The predicted octanol–water partition coefficient (Wildman–Crippen LogP) is 6.94. The minimum Gasteiger partial charge on any atom is -0.0651 e. The Balaban J connectivity index is 2.41. The molecule has 0 aromatic heterocycles. The van der Waals surface area contributed by atoms with Gasteiger partial charge in [-0.25, -0.2) is 0 Å². The standard InChI is InChI=1S/C20H40/c1-8-16(4)17(5)9-10-19-11-12-20(7,13-15(2)3)14-18(19)6/h15-19H,8-14H2,1-7H3. The highest BCUT2D eigenvalue weighted by atomic mass is 14.4. The highest BCUT2D eigenvalue weighted by Gasteiger charge is 2.35. The van der Waals surface area contributed by atoms with Crippen LogP contribution in [0.1, 0.15) is 93.4 Å². The molecule has 5 atom stereocenters. The summed E-state index contributed by atoms with van der Waals surface area (Å²) in [7, 11) is 0. The first-order valence-electron chi connectivity index (χ1n) is 9.27. The van der Waals surface area contributed by atoms with Gasteiger partial charge in [-0.3, -0.25) is 0 Å². The highest BCUT2D eigenvalue weighted by Crippen LogP contribution is 2.47. The summed E-state index contributed by atoms with van der Waals surface area (Å²) in [5.41, 5.74) is 0.631. The first-order valence-corrected chi connectivity index (χ1v) is 9.27. The summed E-state index contributed by atoms with van der Waals surface area (Å²) in [6, 6.07) is 0. The van der Waals surface area contributed by atoms with Gasteiger partial charge in [0.25, 0.3) is 0 Å². The van der Waals surface area contributed by atoms with Gasteiger partial charge in [-0.2, -0.15) is 0 Å². The Hall–Kier alpha value is 0. The van der Waals surface area contributed by atoms with Crippen molar-refractivity contribution in [2.24, 2.45) is 35.0 Å². The zero-order valence-electron chi connectivity index (χ0n) is 15.3. The average Bonchev–Trinajstić information content (AvgIpc) is 2.35. The van der Waals surface area contributed by atoms with Crippen LogP contribution in [0.15, 0.2) is 0 Å². The summed E-state index contributed by atoms with van der Waals surface area (Å²) in [5.74, 6) is 4.61. The number of rotatable bonds is 7. The van der Waals surface area contributed by atoms with Crippen molar-refractivity contribution in [1.82, 2.24) is 0 Å². The molecule has 0 radical (unpaired) electrons. The molecule has 20 heavy (non-hydrogen) atoms. The lowest BCUT2D eigenvalue weighted by molar-refractivity contribution is 0.0824. The van der Waals surface area contributed by atoms with Crippen molar-refractivity contribution in [1.29, 1.82) is 0 Å². The molecule has 120 valence electrons. The molecular formula is C20H40. The maximum atomic E-state index is 2.54. The second kappa shape index (κ2) is 7.85. The Morgan fingerprint density at radius 2 is 1.75 bits per heavy atom. The molecule has 0 heterocycles. The number of hydrogen-bond donors (Lipinski definition) is 0. The van der Waals surface area contributed by atoms with Gasteiger partial charge in [0.05, 0.1) is 0 Å². The molecule has 1 saturated carbocycles. The van der Waals surface area contributed by atoms with Crippen LogP contribution in [0, 0.1) is 35.0 Å². The van der Waals surface area contributed by atoms with E-state index in [1.165, 1.54) is 44.9 Å². The maximum Gasteiger partial charge on any atom is -0.0321 e. The predicted molar refractivity (Wildman–Crippen MR) is 91.9 cm³/mol. The Kier molecular flexibility index (Phi) is 7.09. The van der Waals surface area contributed by atoms with E-state index < -0.39 is 0 Å². The summed E-state index contributed by atoms with van der Waals surface area (Å²) >= 11 is 0. The largest absolute Gasteiger partial charge is 0.0651 e. The van der Waals surface area contributed by atoms with Crippen molar-refractivity contribution in [3.63, 3.8) is 0 Å². The van der Waals surface area contributed by atoms with Gasteiger partial charge in [0.1, 0.15) is 0 Å². The van der Waals surface area contributed by atoms with Crippen molar-refractivity contribution in [2.45, 2.75) is 93.4 Å². The lowest BCUT2D eigenvalue weighted by Crippen LogP contribution is -2.32. The fourth-order valence-corrected chi connectivity index (χ4v) is 4.63. The second-order valence-corrected chi connectivity index (χ2v) is 8.83. The first-order chi connectivity index (χ1) is 9.27. The van der Waals surface area contributed by atoms with E-state index >= 15 is 0 Å². The van der Waals surface area contributed by atoms with E-state index in [0.717, 1.165) is 29.6 Å². The minimum atomic E-state index is 0.631. The van der Waals surface area contributed by atoms with Gasteiger partial charge >= 0.3 is 0 Å².